The summed E-state index contributed by atoms with van der Waals surface area (Å²) in [6.07, 6.45) is 8.52. The van der Waals surface area contributed by atoms with Gasteiger partial charge in [0.2, 0.25) is 0 Å². The molecule has 0 aromatic carbocycles. The molecule has 17 heavy (non-hydrogen) atoms. The van der Waals surface area contributed by atoms with Crippen LogP contribution >= 0.6 is 0 Å². The average Bonchev–Trinajstić information content (AvgIpc) is 2.85. The van der Waals surface area contributed by atoms with Gasteiger partial charge in [0.1, 0.15) is 12.2 Å². The van der Waals surface area contributed by atoms with Crippen molar-refractivity contribution in [1.82, 2.24) is 20.5 Å². The summed E-state index contributed by atoms with van der Waals surface area (Å²) in [4.78, 5) is 4.10. The molecule has 0 aliphatic rings. The molecular formula is C13H22N4. The minimum absolute atomic E-state index is 0.960. The molecule has 1 heterocycles. The molecule has 4 heteroatoms. The molecule has 0 radical (unpaired) electrons. The zero-order valence-electron chi connectivity index (χ0n) is 10.6. The maximum absolute atomic E-state index is 4.10. The lowest BCUT2D eigenvalue weighted by molar-refractivity contribution is 0.587. The SMILES string of the molecule is CC#CCCNCCCCCCc1ncn[nH]1. The van der Waals surface area contributed by atoms with Gasteiger partial charge in [-0.25, -0.2) is 4.98 Å². The summed E-state index contributed by atoms with van der Waals surface area (Å²) in [6, 6.07) is 0. The van der Waals surface area contributed by atoms with Crippen LogP contribution in [0.5, 0.6) is 0 Å². The van der Waals surface area contributed by atoms with Crippen LogP contribution in [0.2, 0.25) is 0 Å². The van der Waals surface area contributed by atoms with Crippen LogP contribution in [0.15, 0.2) is 6.33 Å². The summed E-state index contributed by atoms with van der Waals surface area (Å²) in [5, 5.41) is 10.1. The Balaban J connectivity index is 1.79. The largest absolute Gasteiger partial charge is 0.316 e. The standard InChI is InChI=1S/C13H22N4/c1-2-3-7-10-14-11-8-5-4-6-9-13-15-12-16-17-13/h12,14H,4-11H2,1H3,(H,15,16,17). The monoisotopic (exact) mass is 234 g/mol. The Hall–Kier alpha value is -1.34. The summed E-state index contributed by atoms with van der Waals surface area (Å²) in [5.74, 6) is 6.94. The number of H-pyrrole nitrogens is 1. The second-order valence-corrected chi connectivity index (χ2v) is 4.02. The minimum Gasteiger partial charge on any atom is -0.316 e. The summed E-state index contributed by atoms with van der Waals surface area (Å²) in [5.41, 5.74) is 0. The third kappa shape index (κ3) is 7.53. The lowest BCUT2D eigenvalue weighted by atomic mass is 10.1. The number of hydrogen-bond donors (Lipinski definition) is 2. The number of aromatic amines is 1. The first-order valence-electron chi connectivity index (χ1n) is 6.38. The Morgan fingerprint density at radius 3 is 2.88 bits per heavy atom. The molecule has 1 aromatic heterocycles. The van der Waals surface area contributed by atoms with Crippen LogP contribution in [0.1, 0.15) is 44.9 Å². The molecule has 0 bridgehead atoms. The van der Waals surface area contributed by atoms with Crippen molar-refractivity contribution in [3.63, 3.8) is 0 Å². The number of aromatic nitrogens is 3. The van der Waals surface area contributed by atoms with Gasteiger partial charge in [-0.05, 0) is 26.3 Å². The normalized spacial score (nSPS) is 9.94. The van der Waals surface area contributed by atoms with Gasteiger partial charge >= 0.3 is 0 Å². The van der Waals surface area contributed by atoms with Crippen molar-refractivity contribution in [1.29, 1.82) is 0 Å². The molecule has 0 spiro atoms. The van der Waals surface area contributed by atoms with Gasteiger partial charge in [-0.15, -0.1) is 11.8 Å². The van der Waals surface area contributed by atoms with Crippen molar-refractivity contribution in [2.45, 2.75) is 45.4 Å². The minimum atomic E-state index is 0.960. The maximum atomic E-state index is 4.10. The van der Waals surface area contributed by atoms with Crippen molar-refractivity contribution in [2.24, 2.45) is 0 Å². The fraction of sp³-hybridized carbons (Fsp3) is 0.692. The summed E-state index contributed by atoms with van der Waals surface area (Å²) >= 11 is 0. The quantitative estimate of drug-likeness (QED) is 0.507. The Kier molecular flexibility index (Phi) is 7.96. The molecule has 1 aromatic rings. The molecule has 4 nitrogen and oxygen atoms in total. The van der Waals surface area contributed by atoms with E-state index >= 15 is 0 Å². The highest BCUT2D eigenvalue weighted by Crippen LogP contribution is 2.02. The highest BCUT2D eigenvalue weighted by atomic mass is 15.2. The van der Waals surface area contributed by atoms with Gasteiger partial charge < -0.3 is 5.32 Å². The first-order chi connectivity index (χ1) is 8.43. The molecule has 2 N–H and O–H groups in total. The Morgan fingerprint density at radius 1 is 1.24 bits per heavy atom. The molecule has 1 rings (SSSR count). The van der Waals surface area contributed by atoms with Gasteiger partial charge in [0.25, 0.3) is 0 Å². The number of unbranched alkanes of at least 4 members (excludes halogenated alkanes) is 3. The lowest BCUT2D eigenvalue weighted by Crippen LogP contribution is -2.16. The van der Waals surface area contributed by atoms with Crippen LogP contribution in [-0.4, -0.2) is 28.3 Å². The van der Waals surface area contributed by atoms with Crippen LogP contribution in [0.25, 0.3) is 0 Å². The van der Waals surface area contributed by atoms with E-state index in [-0.39, 0.29) is 0 Å². The predicted molar refractivity (Wildman–Crippen MR) is 69.5 cm³/mol. The highest BCUT2D eigenvalue weighted by molar-refractivity contribution is 4.95. The van der Waals surface area contributed by atoms with Crippen molar-refractivity contribution in [2.75, 3.05) is 13.1 Å². The van der Waals surface area contributed by atoms with E-state index in [0.29, 0.717) is 0 Å². The van der Waals surface area contributed by atoms with E-state index in [0.717, 1.165) is 31.8 Å². The van der Waals surface area contributed by atoms with Gasteiger partial charge in [-0.2, -0.15) is 5.10 Å². The zero-order valence-corrected chi connectivity index (χ0v) is 10.6. The first-order valence-corrected chi connectivity index (χ1v) is 6.38. The third-order valence-corrected chi connectivity index (χ3v) is 2.59. The molecule has 0 saturated heterocycles. The second kappa shape index (κ2) is 9.86. The van der Waals surface area contributed by atoms with E-state index in [1.54, 1.807) is 6.33 Å². The molecule has 0 saturated carbocycles. The maximum Gasteiger partial charge on any atom is 0.137 e. The van der Waals surface area contributed by atoms with Gasteiger partial charge in [0.05, 0.1) is 0 Å². The van der Waals surface area contributed by atoms with Gasteiger partial charge in [0.15, 0.2) is 0 Å². The third-order valence-electron chi connectivity index (χ3n) is 2.59. The topological polar surface area (TPSA) is 53.6 Å². The van der Waals surface area contributed by atoms with Crippen molar-refractivity contribution >= 4 is 0 Å². The van der Waals surface area contributed by atoms with E-state index in [1.807, 2.05) is 6.92 Å². The van der Waals surface area contributed by atoms with Crippen LogP contribution in [0.4, 0.5) is 0 Å². The zero-order chi connectivity index (χ0) is 12.2. The fourth-order valence-electron chi connectivity index (χ4n) is 1.65. The van der Waals surface area contributed by atoms with Gasteiger partial charge in [0, 0.05) is 19.4 Å². The summed E-state index contributed by atoms with van der Waals surface area (Å²) < 4.78 is 0. The number of rotatable bonds is 9. The Bertz CT molecular complexity index is 321. The van der Waals surface area contributed by atoms with E-state index in [1.165, 1.54) is 25.7 Å². The van der Waals surface area contributed by atoms with Crippen LogP contribution in [0, 0.1) is 11.8 Å². The Morgan fingerprint density at radius 2 is 2.12 bits per heavy atom. The van der Waals surface area contributed by atoms with Crippen LogP contribution in [-0.2, 0) is 6.42 Å². The summed E-state index contributed by atoms with van der Waals surface area (Å²) in [6.45, 7) is 4.00. The molecule has 94 valence electrons. The van der Waals surface area contributed by atoms with Crippen molar-refractivity contribution in [3.8, 4) is 11.8 Å². The molecule has 0 aliphatic carbocycles. The summed E-state index contributed by atoms with van der Waals surface area (Å²) in [7, 11) is 0. The van der Waals surface area contributed by atoms with E-state index in [9.17, 15) is 0 Å². The van der Waals surface area contributed by atoms with E-state index < -0.39 is 0 Å². The smallest absolute Gasteiger partial charge is 0.137 e. The second-order valence-electron chi connectivity index (χ2n) is 4.02. The molecular weight excluding hydrogens is 212 g/mol. The predicted octanol–water partition coefficient (Wildman–Crippen LogP) is 1.91. The first kappa shape index (κ1) is 13.7. The number of nitrogens with one attached hydrogen (secondary N) is 2. The number of nitrogens with zero attached hydrogens (tertiary/aromatic N) is 2. The molecule has 0 unspecified atom stereocenters. The van der Waals surface area contributed by atoms with Crippen molar-refractivity contribution in [3.05, 3.63) is 12.2 Å². The van der Waals surface area contributed by atoms with Gasteiger partial charge in [-0.3, -0.25) is 5.10 Å². The van der Waals surface area contributed by atoms with E-state index in [2.05, 4.69) is 32.3 Å². The van der Waals surface area contributed by atoms with E-state index in [4.69, 9.17) is 0 Å². The van der Waals surface area contributed by atoms with Gasteiger partial charge in [-0.1, -0.05) is 12.8 Å². The highest BCUT2D eigenvalue weighted by Gasteiger charge is 1.95. The molecule has 0 atom stereocenters. The molecule has 0 aliphatic heterocycles. The molecule has 0 amide bonds. The number of hydrogen-bond acceptors (Lipinski definition) is 3. The molecule has 0 fully saturated rings. The van der Waals surface area contributed by atoms with Crippen LogP contribution in [0.3, 0.4) is 0 Å². The average molecular weight is 234 g/mol. The van der Waals surface area contributed by atoms with Crippen molar-refractivity contribution < 1.29 is 0 Å². The fourth-order valence-corrected chi connectivity index (χ4v) is 1.65. The van der Waals surface area contributed by atoms with Crippen LogP contribution < -0.4 is 5.32 Å². The Labute approximate surface area is 104 Å². The number of aryl methyl sites for hydroxylation is 1. The lowest BCUT2D eigenvalue weighted by Gasteiger charge is -2.02.